The van der Waals surface area contributed by atoms with Crippen LogP contribution in [0.15, 0.2) is 4.34 Å². The zero-order valence-corrected chi connectivity index (χ0v) is 13.0. The van der Waals surface area contributed by atoms with Crippen LogP contribution >= 0.6 is 23.1 Å². The zero-order chi connectivity index (χ0) is 14.2. The number of amides is 1. The molecular formula is C11H18N4O3S2. The summed E-state index contributed by atoms with van der Waals surface area (Å²) >= 11 is 3.04. The number of aromatic nitrogens is 2. The van der Waals surface area contributed by atoms with Gasteiger partial charge in [-0.1, -0.05) is 23.1 Å². The molecule has 9 heteroatoms. The maximum absolute atomic E-state index is 11.3. The van der Waals surface area contributed by atoms with Crippen molar-refractivity contribution in [3.63, 3.8) is 0 Å². The van der Waals surface area contributed by atoms with Gasteiger partial charge >= 0.3 is 0 Å². The van der Waals surface area contributed by atoms with E-state index >= 15 is 0 Å². The maximum atomic E-state index is 11.3. The van der Waals surface area contributed by atoms with Crippen LogP contribution in [0.25, 0.3) is 0 Å². The Kier molecular flexibility index (Phi) is 6.67. The van der Waals surface area contributed by atoms with Gasteiger partial charge < -0.3 is 9.47 Å². The summed E-state index contributed by atoms with van der Waals surface area (Å²) < 4.78 is 10.9. The van der Waals surface area contributed by atoms with Gasteiger partial charge in [-0.15, -0.1) is 10.2 Å². The Morgan fingerprint density at radius 2 is 2.30 bits per heavy atom. The summed E-state index contributed by atoms with van der Waals surface area (Å²) in [7, 11) is 1.48. The third kappa shape index (κ3) is 5.33. The molecule has 20 heavy (non-hydrogen) atoms. The van der Waals surface area contributed by atoms with Crippen molar-refractivity contribution in [3.8, 4) is 0 Å². The highest BCUT2D eigenvalue weighted by molar-refractivity contribution is 8.01. The van der Waals surface area contributed by atoms with Gasteiger partial charge in [0.25, 0.3) is 5.91 Å². The van der Waals surface area contributed by atoms with E-state index in [0.717, 1.165) is 42.9 Å². The van der Waals surface area contributed by atoms with Crippen LogP contribution in [0.4, 0.5) is 5.13 Å². The van der Waals surface area contributed by atoms with Crippen molar-refractivity contribution in [1.82, 2.24) is 15.1 Å². The molecule has 1 aromatic heterocycles. The number of thioether (sulfide) groups is 1. The van der Waals surface area contributed by atoms with Crippen molar-refractivity contribution < 1.29 is 14.3 Å². The molecule has 1 saturated heterocycles. The normalized spacial score (nSPS) is 16.2. The van der Waals surface area contributed by atoms with Gasteiger partial charge in [-0.05, 0) is 0 Å². The summed E-state index contributed by atoms with van der Waals surface area (Å²) in [5, 5.41) is 11.1. The van der Waals surface area contributed by atoms with E-state index < -0.39 is 0 Å². The second kappa shape index (κ2) is 8.53. The minimum Gasteiger partial charge on any atom is -0.379 e. The molecule has 1 N–H and O–H groups in total. The third-order valence-electron chi connectivity index (χ3n) is 2.67. The molecule has 1 aromatic rings. The molecule has 0 aromatic carbocycles. The number of hydrogen-bond donors (Lipinski definition) is 1. The minimum atomic E-state index is -0.214. The molecule has 7 nitrogen and oxygen atoms in total. The lowest BCUT2D eigenvalue weighted by Crippen LogP contribution is -2.37. The van der Waals surface area contributed by atoms with E-state index in [-0.39, 0.29) is 12.5 Å². The lowest BCUT2D eigenvalue weighted by atomic mass is 10.4. The van der Waals surface area contributed by atoms with Crippen molar-refractivity contribution >= 4 is 34.1 Å². The molecule has 1 aliphatic heterocycles. The summed E-state index contributed by atoms with van der Waals surface area (Å²) in [5.41, 5.74) is 0. The van der Waals surface area contributed by atoms with E-state index in [0.29, 0.717) is 5.13 Å². The van der Waals surface area contributed by atoms with Crippen LogP contribution in [0.2, 0.25) is 0 Å². The van der Waals surface area contributed by atoms with E-state index in [2.05, 4.69) is 20.4 Å². The zero-order valence-electron chi connectivity index (χ0n) is 11.3. The quantitative estimate of drug-likeness (QED) is 0.581. The minimum absolute atomic E-state index is 0.0269. The summed E-state index contributed by atoms with van der Waals surface area (Å²) in [6, 6.07) is 0. The first-order valence-electron chi connectivity index (χ1n) is 6.33. The standard InChI is InChI=1S/C11H18N4O3S2/c1-17-8-9(16)12-10-13-14-11(20-10)19-7-4-15-2-5-18-6-3-15/h2-8H2,1H3,(H,12,13,16). The van der Waals surface area contributed by atoms with Crippen LogP contribution in [0.3, 0.4) is 0 Å². The molecule has 1 amide bonds. The van der Waals surface area contributed by atoms with Gasteiger partial charge in [0.1, 0.15) is 6.61 Å². The average molecular weight is 318 g/mol. The molecule has 0 radical (unpaired) electrons. The fourth-order valence-corrected chi connectivity index (χ4v) is 3.53. The summed E-state index contributed by atoms with van der Waals surface area (Å²) in [6.07, 6.45) is 0. The van der Waals surface area contributed by atoms with Gasteiger partial charge in [0.05, 0.1) is 13.2 Å². The van der Waals surface area contributed by atoms with Crippen LogP contribution in [0, 0.1) is 0 Å². The highest BCUT2D eigenvalue weighted by Crippen LogP contribution is 2.25. The Bertz CT molecular complexity index is 424. The number of nitrogens with zero attached hydrogens (tertiary/aromatic N) is 3. The number of hydrogen-bond acceptors (Lipinski definition) is 8. The molecule has 0 spiro atoms. The Hall–Kier alpha value is -0.740. The Labute approximate surface area is 126 Å². The molecule has 0 aliphatic carbocycles. The van der Waals surface area contributed by atoms with Gasteiger partial charge in [0.15, 0.2) is 4.34 Å². The van der Waals surface area contributed by atoms with Gasteiger partial charge in [0.2, 0.25) is 5.13 Å². The van der Waals surface area contributed by atoms with Crippen LogP contribution in [-0.4, -0.2) is 73.3 Å². The number of carbonyl (C=O) groups excluding carboxylic acids is 1. The second-order valence-corrected chi connectivity index (χ2v) is 6.48. The molecule has 0 unspecified atom stereocenters. The van der Waals surface area contributed by atoms with Crippen molar-refractivity contribution in [2.75, 3.05) is 57.6 Å². The van der Waals surface area contributed by atoms with E-state index in [1.54, 1.807) is 11.8 Å². The SMILES string of the molecule is COCC(=O)Nc1nnc(SCCN2CCOCC2)s1. The largest absolute Gasteiger partial charge is 0.379 e. The summed E-state index contributed by atoms with van der Waals surface area (Å²) in [5.74, 6) is 0.745. The van der Waals surface area contributed by atoms with Crippen LogP contribution < -0.4 is 5.32 Å². The van der Waals surface area contributed by atoms with Crippen molar-refractivity contribution in [1.29, 1.82) is 0 Å². The van der Waals surface area contributed by atoms with E-state index in [1.165, 1.54) is 18.4 Å². The monoisotopic (exact) mass is 318 g/mol. The number of nitrogens with one attached hydrogen (secondary N) is 1. The Balaban J connectivity index is 1.68. The highest BCUT2D eigenvalue weighted by Gasteiger charge is 2.11. The fourth-order valence-electron chi connectivity index (χ4n) is 1.69. The fraction of sp³-hybridized carbons (Fsp3) is 0.727. The lowest BCUT2D eigenvalue weighted by Gasteiger charge is -2.25. The second-order valence-electron chi connectivity index (χ2n) is 4.16. The van der Waals surface area contributed by atoms with Crippen LogP contribution in [0.1, 0.15) is 0 Å². The molecule has 2 rings (SSSR count). The Morgan fingerprint density at radius 3 is 3.05 bits per heavy atom. The molecule has 112 valence electrons. The van der Waals surface area contributed by atoms with E-state index in [9.17, 15) is 4.79 Å². The highest BCUT2D eigenvalue weighted by atomic mass is 32.2. The summed E-state index contributed by atoms with van der Waals surface area (Å²) in [4.78, 5) is 13.7. The van der Waals surface area contributed by atoms with Gasteiger partial charge in [-0.2, -0.15) is 0 Å². The first kappa shape index (κ1) is 15.6. The van der Waals surface area contributed by atoms with Gasteiger partial charge in [-0.3, -0.25) is 15.0 Å². The van der Waals surface area contributed by atoms with Gasteiger partial charge in [-0.25, -0.2) is 0 Å². The summed E-state index contributed by atoms with van der Waals surface area (Å²) in [6.45, 7) is 4.67. The van der Waals surface area contributed by atoms with E-state index in [4.69, 9.17) is 9.47 Å². The van der Waals surface area contributed by atoms with Gasteiger partial charge in [0, 0.05) is 32.5 Å². The predicted octanol–water partition coefficient (Wildman–Crippen LogP) is 0.547. The number of methoxy groups -OCH3 is 1. The topological polar surface area (TPSA) is 76.6 Å². The third-order valence-corrected chi connectivity index (χ3v) is 4.62. The molecule has 0 atom stereocenters. The predicted molar refractivity (Wildman–Crippen MR) is 78.4 cm³/mol. The van der Waals surface area contributed by atoms with Crippen molar-refractivity contribution in [3.05, 3.63) is 0 Å². The molecule has 1 aliphatic rings. The van der Waals surface area contributed by atoms with Crippen LogP contribution in [0.5, 0.6) is 0 Å². The number of anilines is 1. The number of ether oxygens (including phenoxy) is 2. The first-order chi connectivity index (χ1) is 9.78. The van der Waals surface area contributed by atoms with E-state index in [1.807, 2.05) is 0 Å². The Morgan fingerprint density at radius 1 is 1.50 bits per heavy atom. The lowest BCUT2D eigenvalue weighted by molar-refractivity contribution is -0.119. The first-order valence-corrected chi connectivity index (χ1v) is 8.13. The average Bonchev–Trinajstić information content (AvgIpc) is 2.88. The molecule has 2 heterocycles. The molecular weight excluding hydrogens is 300 g/mol. The smallest absolute Gasteiger partial charge is 0.252 e. The number of morpholine rings is 1. The molecule has 1 fully saturated rings. The van der Waals surface area contributed by atoms with Crippen LogP contribution in [-0.2, 0) is 14.3 Å². The molecule has 0 bridgehead atoms. The molecule has 0 saturated carbocycles. The van der Waals surface area contributed by atoms with Crippen molar-refractivity contribution in [2.45, 2.75) is 4.34 Å². The van der Waals surface area contributed by atoms with Crippen molar-refractivity contribution in [2.24, 2.45) is 0 Å². The maximum Gasteiger partial charge on any atom is 0.252 e. The number of rotatable bonds is 7. The number of carbonyl (C=O) groups is 1.